The highest BCUT2D eigenvalue weighted by Gasteiger charge is 2.30. The molecule has 28 heavy (non-hydrogen) atoms. The van der Waals surface area contributed by atoms with E-state index >= 15 is 0 Å². The highest BCUT2D eigenvalue weighted by atomic mass is 32.2. The van der Waals surface area contributed by atoms with Crippen LogP contribution in [0.5, 0.6) is 5.75 Å². The van der Waals surface area contributed by atoms with E-state index in [2.05, 4.69) is 4.99 Å². The van der Waals surface area contributed by atoms with Crippen LogP contribution in [-0.4, -0.2) is 41.8 Å². The van der Waals surface area contributed by atoms with Gasteiger partial charge in [0.25, 0.3) is 11.8 Å². The maximum atomic E-state index is 12.6. The van der Waals surface area contributed by atoms with E-state index in [9.17, 15) is 9.59 Å². The molecule has 3 rings (SSSR count). The Kier molecular flexibility index (Phi) is 6.43. The first-order valence-corrected chi connectivity index (χ1v) is 10.4. The Morgan fingerprint density at radius 2 is 2.07 bits per heavy atom. The van der Waals surface area contributed by atoms with E-state index in [1.807, 2.05) is 42.7 Å². The number of para-hydroxylation sites is 1. The smallest absolute Gasteiger partial charge is 0.266 e. The number of ether oxygens (including phenoxy) is 1. The van der Waals surface area contributed by atoms with Crippen molar-refractivity contribution in [3.63, 3.8) is 0 Å². The van der Waals surface area contributed by atoms with E-state index in [0.29, 0.717) is 21.4 Å². The van der Waals surface area contributed by atoms with Gasteiger partial charge in [-0.1, -0.05) is 24.3 Å². The van der Waals surface area contributed by atoms with Gasteiger partial charge < -0.3 is 10.5 Å². The molecule has 0 bridgehead atoms. The van der Waals surface area contributed by atoms with E-state index in [1.54, 1.807) is 37.0 Å². The van der Waals surface area contributed by atoms with Gasteiger partial charge in [-0.2, -0.15) is 0 Å². The van der Waals surface area contributed by atoms with Gasteiger partial charge in [0.2, 0.25) is 0 Å². The molecule has 1 aliphatic rings. The highest BCUT2D eigenvalue weighted by molar-refractivity contribution is 8.18. The Labute approximate surface area is 171 Å². The summed E-state index contributed by atoms with van der Waals surface area (Å²) in [6.07, 6.45) is 3.74. The largest absolute Gasteiger partial charge is 0.483 e. The van der Waals surface area contributed by atoms with Crippen molar-refractivity contribution < 1.29 is 14.3 Å². The van der Waals surface area contributed by atoms with E-state index in [4.69, 9.17) is 10.5 Å². The average Bonchev–Trinajstić information content (AvgIpc) is 2.95. The van der Waals surface area contributed by atoms with Crippen LogP contribution in [0.2, 0.25) is 0 Å². The molecule has 8 heteroatoms. The number of amides is 2. The number of primary amides is 1. The molecule has 0 unspecified atom stereocenters. The van der Waals surface area contributed by atoms with Crippen molar-refractivity contribution in [3.05, 3.63) is 59.0 Å². The fourth-order valence-electron chi connectivity index (χ4n) is 2.46. The Morgan fingerprint density at radius 3 is 2.82 bits per heavy atom. The second-order valence-corrected chi connectivity index (χ2v) is 7.75. The number of benzene rings is 2. The molecule has 1 heterocycles. The fourth-order valence-corrected chi connectivity index (χ4v) is 3.89. The molecular formula is C20H19N3O3S2. The molecular weight excluding hydrogens is 394 g/mol. The van der Waals surface area contributed by atoms with Crippen LogP contribution in [-0.2, 0) is 9.59 Å². The molecule has 2 aromatic carbocycles. The van der Waals surface area contributed by atoms with E-state index in [0.717, 1.165) is 10.6 Å². The summed E-state index contributed by atoms with van der Waals surface area (Å²) in [6.45, 7) is -0.223. The first kappa shape index (κ1) is 20.0. The molecule has 1 saturated heterocycles. The predicted octanol–water partition coefficient (Wildman–Crippen LogP) is 3.51. The summed E-state index contributed by atoms with van der Waals surface area (Å²) < 4.78 is 5.43. The minimum atomic E-state index is -0.560. The van der Waals surface area contributed by atoms with Gasteiger partial charge in [-0.15, -0.1) is 11.8 Å². The Bertz CT molecular complexity index is 973. The van der Waals surface area contributed by atoms with Crippen LogP contribution < -0.4 is 10.5 Å². The predicted molar refractivity (Wildman–Crippen MR) is 115 cm³/mol. The fraction of sp³-hybridized carbons (Fsp3) is 0.150. The third-order valence-electron chi connectivity index (χ3n) is 3.86. The highest BCUT2D eigenvalue weighted by Crippen LogP contribution is 2.35. The molecule has 0 aromatic heterocycles. The molecule has 0 radical (unpaired) electrons. The number of nitrogens with zero attached hydrogens (tertiary/aromatic N) is 2. The summed E-state index contributed by atoms with van der Waals surface area (Å²) in [5, 5.41) is 0.602. The van der Waals surface area contributed by atoms with Crippen molar-refractivity contribution in [1.29, 1.82) is 0 Å². The minimum Gasteiger partial charge on any atom is -0.483 e. The Morgan fingerprint density at radius 1 is 1.29 bits per heavy atom. The normalized spacial score (nSPS) is 16.8. The van der Waals surface area contributed by atoms with Crippen molar-refractivity contribution in [1.82, 2.24) is 4.90 Å². The Hall–Kier alpha value is -2.71. The van der Waals surface area contributed by atoms with Gasteiger partial charge in [0, 0.05) is 17.5 Å². The van der Waals surface area contributed by atoms with Gasteiger partial charge in [0.15, 0.2) is 11.8 Å². The zero-order valence-corrected chi connectivity index (χ0v) is 17.0. The number of carbonyl (C=O) groups is 2. The zero-order chi connectivity index (χ0) is 20.1. The summed E-state index contributed by atoms with van der Waals surface area (Å²) in [4.78, 5) is 31.4. The lowest BCUT2D eigenvalue weighted by Gasteiger charge is -2.08. The number of aliphatic imine (C=N–C) groups is 1. The number of hydrogen-bond donors (Lipinski definition) is 1. The topological polar surface area (TPSA) is 85.0 Å². The van der Waals surface area contributed by atoms with Crippen LogP contribution in [0.25, 0.3) is 6.08 Å². The molecule has 2 N–H and O–H groups in total. The molecule has 0 aliphatic carbocycles. The molecule has 2 amide bonds. The second-order valence-electron chi connectivity index (χ2n) is 5.86. The summed E-state index contributed by atoms with van der Waals surface area (Å²) >= 11 is 2.93. The summed E-state index contributed by atoms with van der Waals surface area (Å²) in [5.74, 6) is -0.215. The summed E-state index contributed by atoms with van der Waals surface area (Å²) in [7, 11) is 1.70. The Balaban J connectivity index is 1.87. The van der Waals surface area contributed by atoms with Crippen LogP contribution in [0.15, 0.2) is 63.3 Å². The number of nitrogens with two attached hydrogens (primary N) is 1. The van der Waals surface area contributed by atoms with Gasteiger partial charge in [0.05, 0.1) is 10.6 Å². The molecule has 1 fully saturated rings. The monoisotopic (exact) mass is 413 g/mol. The maximum Gasteiger partial charge on any atom is 0.266 e. The molecule has 2 aromatic rings. The second kappa shape index (κ2) is 8.99. The maximum absolute atomic E-state index is 12.6. The number of rotatable bonds is 6. The quantitative estimate of drug-likeness (QED) is 0.579. The number of carbonyl (C=O) groups excluding carboxylic acids is 2. The zero-order valence-electron chi connectivity index (χ0n) is 15.4. The lowest BCUT2D eigenvalue weighted by Crippen LogP contribution is -2.23. The third kappa shape index (κ3) is 4.76. The SMILES string of the molecule is CSc1cccc(N=C2S/C(=C/c3ccccc3OCC(N)=O)C(=O)N2C)c1. The van der Waals surface area contributed by atoms with Gasteiger partial charge >= 0.3 is 0 Å². The van der Waals surface area contributed by atoms with E-state index in [1.165, 1.54) is 16.7 Å². The van der Waals surface area contributed by atoms with Crippen molar-refractivity contribution in [2.45, 2.75) is 4.90 Å². The van der Waals surface area contributed by atoms with Crippen LogP contribution >= 0.6 is 23.5 Å². The van der Waals surface area contributed by atoms with Gasteiger partial charge in [0.1, 0.15) is 5.75 Å². The van der Waals surface area contributed by atoms with Crippen LogP contribution in [0, 0.1) is 0 Å². The average molecular weight is 414 g/mol. The van der Waals surface area contributed by atoms with Gasteiger partial charge in [-0.25, -0.2) is 4.99 Å². The molecule has 144 valence electrons. The standard InChI is InChI=1S/C20H19N3O3S2/c1-23-19(25)17(10-13-6-3-4-9-16(13)26-12-18(21)24)28-20(23)22-14-7-5-8-15(11-14)27-2/h3-11H,12H2,1-2H3,(H2,21,24)/b17-10+,22-20?. The lowest BCUT2D eigenvalue weighted by atomic mass is 10.2. The number of amidine groups is 1. The lowest BCUT2D eigenvalue weighted by molar-refractivity contribution is -0.121. The minimum absolute atomic E-state index is 0.144. The molecule has 0 saturated carbocycles. The molecule has 1 aliphatic heterocycles. The van der Waals surface area contributed by atoms with Crippen molar-refractivity contribution in [3.8, 4) is 5.75 Å². The van der Waals surface area contributed by atoms with Gasteiger partial charge in [-0.3, -0.25) is 14.5 Å². The summed E-state index contributed by atoms with van der Waals surface area (Å²) in [5.41, 5.74) is 6.63. The van der Waals surface area contributed by atoms with E-state index < -0.39 is 5.91 Å². The first-order valence-electron chi connectivity index (χ1n) is 8.38. The van der Waals surface area contributed by atoms with Crippen LogP contribution in [0.4, 0.5) is 5.69 Å². The van der Waals surface area contributed by atoms with Crippen LogP contribution in [0.3, 0.4) is 0 Å². The first-order chi connectivity index (χ1) is 13.5. The van der Waals surface area contributed by atoms with Crippen LogP contribution in [0.1, 0.15) is 5.56 Å². The number of likely N-dealkylation sites (N-methyl/N-ethyl adjacent to an activating group) is 1. The molecule has 0 spiro atoms. The summed E-state index contributed by atoms with van der Waals surface area (Å²) in [6, 6.07) is 15.0. The van der Waals surface area contributed by atoms with Crippen molar-refractivity contribution in [2.75, 3.05) is 19.9 Å². The van der Waals surface area contributed by atoms with Gasteiger partial charge in [-0.05, 0) is 48.4 Å². The number of thioether (sulfide) groups is 2. The van der Waals surface area contributed by atoms with Crippen molar-refractivity contribution in [2.24, 2.45) is 10.7 Å². The van der Waals surface area contributed by atoms with E-state index in [-0.39, 0.29) is 12.5 Å². The third-order valence-corrected chi connectivity index (χ3v) is 5.64. The molecule has 0 atom stereocenters. The number of hydrogen-bond acceptors (Lipinski definition) is 6. The van der Waals surface area contributed by atoms with Crippen molar-refractivity contribution >= 4 is 52.3 Å². The molecule has 6 nitrogen and oxygen atoms in total.